The Hall–Kier alpha value is -1.72. The summed E-state index contributed by atoms with van der Waals surface area (Å²) in [6.07, 6.45) is 7.80. The first-order valence-electron chi connectivity index (χ1n) is 7.76. The van der Waals surface area contributed by atoms with Crippen LogP contribution in [0.25, 0.3) is 11.0 Å². The van der Waals surface area contributed by atoms with Crippen LogP contribution in [-0.4, -0.2) is 24.5 Å². The fourth-order valence-corrected chi connectivity index (χ4v) is 3.42. The lowest BCUT2D eigenvalue weighted by Crippen LogP contribution is -2.33. The van der Waals surface area contributed by atoms with E-state index < -0.39 is 0 Å². The second-order valence-corrected chi connectivity index (χ2v) is 6.25. The molecule has 2 heterocycles. The first-order chi connectivity index (χ1) is 10.1. The number of nitrogens with zero attached hydrogens (tertiary/aromatic N) is 1. The average Bonchev–Trinajstić information content (AvgIpc) is 2.77. The van der Waals surface area contributed by atoms with Crippen molar-refractivity contribution in [1.29, 1.82) is 0 Å². The maximum Gasteiger partial charge on any atom is 0.137 e. The van der Waals surface area contributed by atoms with Crippen LogP contribution >= 0.6 is 0 Å². The zero-order valence-electron chi connectivity index (χ0n) is 13.2. The molecule has 0 spiro atoms. The van der Waals surface area contributed by atoms with Crippen molar-refractivity contribution < 1.29 is 4.42 Å². The summed E-state index contributed by atoms with van der Waals surface area (Å²) in [5.41, 5.74) is 5.05. The van der Waals surface area contributed by atoms with Crippen molar-refractivity contribution in [3.05, 3.63) is 34.6 Å². The molecule has 0 bridgehead atoms. The van der Waals surface area contributed by atoms with Crippen LogP contribution in [0.1, 0.15) is 41.2 Å². The lowest BCUT2D eigenvalue weighted by molar-refractivity contribution is 0.236. The molecule has 0 N–H and O–H groups in total. The Bertz CT molecular complexity index is 696. The van der Waals surface area contributed by atoms with Crippen LogP contribution in [0.15, 0.2) is 16.5 Å². The highest BCUT2D eigenvalue weighted by Crippen LogP contribution is 2.34. The normalized spacial score (nSPS) is 17.2. The number of piperidine rings is 1. The van der Waals surface area contributed by atoms with E-state index in [1.807, 2.05) is 6.92 Å². The van der Waals surface area contributed by atoms with Crippen LogP contribution in [-0.2, 0) is 0 Å². The third-order valence-corrected chi connectivity index (χ3v) is 4.86. The van der Waals surface area contributed by atoms with Crippen LogP contribution in [0.5, 0.6) is 0 Å². The Morgan fingerprint density at radius 3 is 2.62 bits per heavy atom. The molecular weight excluding hydrogens is 258 g/mol. The molecule has 1 aromatic heterocycles. The number of terminal acetylenes is 1. The number of benzene rings is 1. The van der Waals surface area contributed by atoms with Crippen molar-refractivity contribution in [1.82, 2.24) is 4.90 Å². The molecule has 0 amide bonds. The minimum absolute atomic E-state index is 0.650. The minimum Gasteiger partial charge on any atom is -0.461 e. The van der Waals surface area contributed by atoms with E-state index in [1.54, 1.807) is 0 Å². The van der Waals surface area contributed by atoms with Gasteiger partial charge in [-0.2, -0.15) is 0 Å². The topological polar surface area (TPSA) is 16.4 Å². The van der Waals surface area contributed by atoms with Crippen LogP contribution in [0, 0.1) is 33.1 Å². The maximum absolute atomic E-state index is 5.89. The summed E-state index contributed by atoms with van der Waals surface area (Å²) in [6, 6.07) is 4.65. The standard InChI is InChI=1S/C19H23NO/c1-5-8-20-9-6-16(7-10-20)17-11-13(2)19-18(12-17)14(3)15(4)21-19/h1,11-12,16H,6-10H2,2-4H3. The summed E-state index contributed by atoms with van der Waals surface area (Å²) in [5, 5.41) is 1.29. The second-order valence-electron chi connectivity index (χ2n) is 6.25. The molecular formula is C19H23NO. The minimum atomic E-state index is 0.650. The third kappa shape index (κ3) is 2.59. The van der Waals surface area contributed by atoms with Gasteiger partial charge in [-0.1, -0.05) is 12.0 Å². The molecule has 0 saturated carbocycles. The predicted octanol–water partition coefficient (Wildman–Crippen LogP) is 4.17. The molecule has 3 rings (SSSR count). The summed E-state index contributed by atoms with van der Waals surface area (Å²) in [5.74, 6) is 4.44. The van der Waals surface area contributed by atoms with E-state index in [0.717, 1.165) is 31.0 Å². The summed E-state index contributed by atoms with van der Waals surface area (Å²) in [7, 11) is 0. The number of likely N-dealkylation sites (tertiary alicyclic amines) is 1. The zero-order chi connectivity index (χ0) is 15.0. The van der Waals surface area contributed by atoms with Crippen molar-refractivity contribution in [3.8, 4) is 12.3 Å². The monoisotopic (exact) mass is 281 g/mol. The number of aryl methyl sites for hydroxylation is 3. The summed E-state index contributed by atoms with van der Waals surface area (Å²) in [6.45, 7) is 9.35. The van der Waals surface area contributed by atoms with Crippen molar-refractivity contribution in [3.63, 3.8) is 0 Å². The fourth-order valence-electron chi connectivity index (χ4n) is 3.42. The largest absolute Gasteiger partial charge is 0.461 e. The summed E-state index contributed by atoms with van der Waals surface area (Å²) in [4.78, 5) is 2.37. The van der Waals surface area contributed by atoms with Crippen molar-refractivity contribution >= 4 is 11.0 Å². The van der Waals surface area contributed by atoms with Gasteiger partial charge in [0.25, 0.3) is 0 Å². The Kier molecular flexibility index (Phi) is 3.78. The van der Waals surface area contributed by atoms with E-state index in [-0.39, 0.29) is 0 Å². The van der Waals surface area contributed by atoms with Gasteiger partial charge in [0, 0.05) is 5.39 Å². The predicted molar refractivity (Wildman–Crippen MR) is 87.7 cm³/mol. The number of hydrogen-bond acceptors (Lipinski definition) is 2. The average molecular weight is 281 g/mol. The molecule has 0 unspecified atom stereocenters. The number of rotatable bonds is 2. The fraction of sp³-hybridized carbons (Fsp3) is 0.474. The smallest absolute Gasteiger partial charge is 0.137 e. The van der Waals surface area contributed by atoms with Gasteiger partial charge in [-0.3, -0.25) is 4.90 Å². The molecule has 1 saturated heterocycles. The van der Waals surface area contributed by atoms with Gasteiger partial charge in [0.1, 0.15) is 11.3 Å². The Morgan fingerprint density at radius 1 is 1.24 bits per heavy atom. The Balaban J connectivity index is 1.88. The van der Waals surface area contributed by atoms with Crippen molar-refractivity contribution in [2.45, 2.75) is 39.5 Å². The second kappa shape index (κ2) is 5.58. The van der Waals surface area contributed by atoms with Gasteiger partial charge < -0.3 is 4.42 Å². The van der Waals surface area contributed by atoms with Gasteiger partial charge in [0.2, 0.25) is 0 Å². The molecule has 2 nitrogen and oxygen atoms in total. The van der Waals surface area contributed by atoms with E-state index in [1.165, 1.54) is 34.9 Å². The van der Waals surface area contributed by atoms with Gasteiger partial charge in [-0.15, -0.1) is 6.42 Å². The number of fused-ring (bicyclic) bond motifs is 1. The van der Waals surface area contributed by atoms with E-state index in [9.17, 15) is 0 Å². The molecule has 1 aliphatic heterocycles. The van der Waals surface area contributed by atoms with E-state index >= 15 is 0 Å². The quantitative estimate of drug-likeness (QED) is 0.768. The highest BCUT2D eigenvalue weighted by atomic mass is 16.3. The summed E-state index contributed by atoms with van der Waals surface area (Å²) < 4.78 is 5.89. The van der Waals surface area contributed by atoms with Crippen LogP contribution in [0.4, 0.5) is 0 Å². The molecule has 0 atom stereocenters. The van der Waals surface area contributed by atoms with Gasteiger partial charge in [-0.05, 0) is 75.4 Å². The zero-order valence-corrected chi connectivity index (χ0v) is 13.2. The Morgan fingerprint density at radius 2 is 1.95 bits per heavy atom. The molecule has 2 heteroatoms. The van der Waals surface area contributed by atoms with Crippen LogP contribution in [0.3, 0.4) is 0 Å². The lowest BCUT2D eigenvalue weighted by Gasteiger charge is -2.31. The van der Waals surface area contributed by atoms with Gasteiger partial charge >= 0.3 is 0 Å². The molecule has 21 heavy (non-hydrogen) atoms. The SMILES string of the molecule is C#CCN1CCC(c2cc(C)c3oc(C)c(C)c3c2)CC1. The van der Waals surface area contributed by atoms with E-state index in [4.69, 9.17) is 10.8 Å². The molecule has 2 aromatic rings. The molecule has 0 aliphatic carbocycles. The van der Waals surface area contributed by atoms with Crippen LogP contribution in [0.2, 0.25) is 0 Å². The first-order valence-corrected chi connectivity index (χ1v) is 7.76. The summed E-state index contributed by atoms with van der Waals surface area (Å²) >= 11 is 0. The van der Waals surface area contributed by atoms with Gasteiger partial charge in [-0.25, -0.2) is 0 Å². The molecule has 1 aliphatic rings. The number of hydrogen-bond donors (Lipinski definition) is 0. The van der Waals surface area contributed by atoms with Crippen molar-refractivity contribution in [2.24, 2.45) is 0 Å². The van der Waals surface area contributed by atoms with Gasteiger partial charge in [0.15, 0.2) is 0 Å². The third-order valence-electron chi connectivity index (χ3n) is 4.86. The highest BCUT2D eigenvalue weighted by Gasteiger charge is 2.21. The van der Waals surface area contributed by atoms with Gasteiger partial charge in [0.05, 0.1) is 6.54 Å². The van der Waals surface area contributed by atoms with E-state index in [2.05, 4.69) is 36.8 Å². The molecule has 1 fully saturated rings. The molecule has 1 aromatic carbocycles. The maximum atomic E-state index is 5.89. The Labute approximate surface area is 127 Å². The van der Waals surface area contributed by atoms with Crippen LogP contribution < -0.4 is 0 Å². The highest BCUT2D eigenvalue weighted by molar-refractivity contribution is 5.85. The molecule has 110 valence electrons. The molecule has 0 radical (unpaired) electrons. The number of furan rings is 1. The van der Waals surface area contributed by atoms with Crippen molar-refractivity contribution in [2.75, 3.05) is 19.6 Å². The van der Waals surface area contributed by atoms with E-state index in [0.29, 0.717) is 5.92 Å². The first kappa shape index (κ1) is 14.2. The lowest BCUT2D eigenvalue weighted by atomic mass is 9.87.